The number of methoxy groups -OCH3 is 1. The average molecular weight is 1390 g/mol. The summed E-state index contributed by atoms with van der Waals surface area (Å²) in [5.74, 6) is -1.17. The van der Waals surface area contributed by atoms with Crippen molar-refractivity contribution in [2.75, 3.05) is 124 Å². The summed E-state index contributed by atoms with van der Waals surface area (Å²) < 4.78 is 112. The van der Waals surface area contributed by atoms with Gasteiger partial charge in [-0.3, -0.25) is 29.3 Å². The molecule has 538 valence electrons. The van der Waals surface area contributed by atoms with Crippen molar-refractivity contribution in [1.82, 2.24) is 29.6 Å². The number of para-hydroxylation sites is 1. The second-order valence-corrected chi connectivity index (χ2v) is 26.4. The number of nitrogens with zero attached hydrogens (tertiary/aromatic N) is 6. The first-order chi connectivity index (χ1) is 47.9. The third kappa shape index (κ3) is 20.0. The lowest BCUT2D eigenvalue weighted by molar-refractivity contribution is -0.143. The predicted octanol–water partition coefficient (Wildman–Crippen LogP) is 13.8. The summed E-state index contributed by atoms with van der Waals surface area (Å²) in [4.78, 5) is 78.1. The van der Waals surface area contributed by atoms with Crippen LogP contribution in [0.2, 0.25) is 0 Å². The van der Waals surface area contributed by atoms with Crippen LogP contribution in [-0.4, -0.2) is 179 Å². The van der Waals surface area contributed by atoms with Crippen molar-refractivity contribution in [2.45, 2.75) is 107 Å². The fourth-order valence-electron chi connectivity index (χ4n) is 13.8. The summed E-state index contributed by atoms with van der Waals surface area (Å²) in [5, 5.41) is 7.61. The molecule has 3 aliphatic heterocycles. The zero-order valence-corrected chi connectivity index (χ0v) is 57.5. The van der Waals surface area contributed by atoms with Gasteiger partial charge in [0.1, 0.15) is 30.9 Å². The SMILES string of the molecule is COCC(=O)N(C)CCCN(OC)C(=O)c1ccc(NCCCCCC(=O)N(C)CCN2CCC(OC(=O)Nc3ccccc3-c3ccccc3)CC2)cc1.C[C@H]1Cc2ccccc2C12CCN(CC[C@@]1(c3ccc(F)cc3)CN(C(=O)c3cc(C(F)(F)F)cc(C(F)(F)F)c3)CO1)CC2. The Hall–Kier alpha value is -8.42. The number of anilines is 2. The number of carbonyl (C=O) groups excluding carboxylic acids is 5. The molecule has 6 aromatic carbocycles. The third-order valence-corrected chi connectivity index (χ3v) is 19.8. The summed E-state index contributed by atoms with van der Waals surface area (Å²) in [6.45, 7) is 8.81. The summed E-state index contributed by atoms with van der Waals surface area (Å²) >= 11 is 0. The minimum absolute atomic E-state index is 0.00621. The number of hydroxylamine groups is 2. The van der Waals surface area contributed by atoms with Crippen molar-refractivity contribution in [2.24, 2.45) is 5.92 Å². The normalized spacial score (nSPS) is 17.8. The molecule has 0 saturated carbocycles. The number of likely N-dealkylation sites (tertiary alicyclic amines) is 2. The van der Waals surface area contributed by atoms with Gasteiger partial charge in [0.2, 0.25) is 11.8 Å². The zero-order valence-electron chi connectivity index (χ0n) is 57.5. The molecule has 6 aromatic rings. The van der Waals surface area contributed by atoms with E-state index in [1.807, 2.05) is 78.7 Å². The summed E-state index contributed by atoms with van der Waals surface area (Å²) in [7, 11) is 6.51. The molecule has 3 heterocycles. The number of benzene rings is 6. The Balaban J connectivity index is 0.000000237. The van der Waals surface area contributed by atoms with Gasteiger partial charge in [-0.25, -0.2) is 14.2 Å². The number of carbonyl (C=O) groups is 5. The topological polar surface area (TPSA) is 166 Å². The van der Waals surface area contributed by atoms with Gasteiger partial charge in [-0.15, -0.1) is 0 Å². The van der Waals surface area contributed by atoms with E-state index >= 15 is 0 Å². The van der Waals surface area contributed by atoms with Crippen LogP contribution in [0, 0.1) is 11.7 Å². The number of fused-ring (bicyclic) bond motifs is 2. The van der Waals surface area contributed by atoms with Gasteiger partial charge >= 0.3 is 18.4 Å². The minimum Gasteiger partial charge on any atom is -0.446 e. The Kier molecular flexibility index (Phi) is 26.3. The molecular formula is C76H91F7N8O9. The van der Waals surface area contributed by atoms with E-state index in [1.54, 1.807) is 24.1 Å². The first kappa shape index (κ1) is 75.8. The van der Waals surface area contributed by atoms with Gasteiger partial charge in [0.15, 0.2) is 0 Å². The van der Waals surface area contributed by atoms with Crippen LogP contribution < -0.4 is 10.6 Å². The molecule has 3 saturated heterocycles. The quantitative estimate of drug-likeness (QED) is 0.0300. The van der Waals surface area contributed by atoms with Gasteiger partial charge in [-0.2, -0.15) is 26.3 Å². The van der Waals surface area contributed by atoms with E-state index in [4.69, 9.17) is 19.0 Å². The number of alkyl halides is 6. The lowest BCUT2D eigenvalue weighted by Gasteiger charge is -2.44. The van der Waals surface area contributed by atoms with Crippen molar-refractivity contribution in [3.8, 4) is 11.1 Å². The highest BCUT2D eigenvalue weighted by Gasteiger charge is 2.48. The summed E-state index contributed by atoms with van der Waals surface area (Å²) in [6.07, 6.45) is -2.06. The van der Waals surface area contributed by atoms with Crippen molar-refractivity contribution in [1.29, 1.82) is 0 Å². The first-order valence-corrected chi connectivity index (χ1v) is 34.2. The maximum absolute atomic E-state index is 13.9. The molecule has 2 N–H and O–H groups in total. The van der Waals surface area contributed by atoms with Gasteiger partial charge in [0.25, 0.3) is 11.8 Å². The van der Waals surface area contributed by atoms with E-state index in [2.05, 4.69) is 51.6 Å². The number of piperidine rings is 2. The smallest absolute Gasteiger partial charge is 0.416 e. The van der Waals surface area contributed by atoms with Gasteiger partial charge in [0, 0.05) is 101 Å². The monoisotopic (exact) mass is 1390 g/mol. The Labute approximate surface area is 580 Å². The molecule has 5 amide bonds. The fraction of sp³-hybridized carbons (Fsp3) is 0.461. The van der Waals surface area contributed by atoms with Crippen molar-refractivity contribution >= 4 is 41.1 Å². The highest BCUT2D eigenvalue weighted by Crippen LogP contribution is 2.50. The van der Waals surface area contributed by atoms with Crippen molar-refractivity contribution in [3.63, 3.8) is 0 Å². The number of halogens is 7. The van der Waals surface area contributed by atoms with E-state index in [1.165, 1.54) is 54.7 Å². The van der Waals surface area contributed by atoms with Gasteiger partial charge in [-0.05, 0) is 160 Å². The van der Waals surface area contributed by atoms with E-state index in [9.17, 15) is 54.7 Å². The molecule has 100 heavy (non-hydrogen) atoms. The summed E-state index contributed by atoms with van der Waals surface area (Å²) in [6, 6.07) is 40.0. The molecule has 24 heteroatoms. The van der Waals surface area contributed by atoms with Crippen molar-refractivity contribution in [3.05, 3.63) is 190 Å². The van der Waals surface area contributed by atoms with E-state index in [-0.39, 0.29) is 55.2 Å². The Morgan fingerprint density at radius 1 is 0.670 bits per heavy atom. The van der Waals surface area contributed by atoms with Crippen molar-refractivity contribution < 1.29 is 73.8 Å². The molecule has 10 rings (SSSR count). The fourth-order valence-corrected chi connectivity index (χ4v) is 13.8. The number of ether oxygens (including phenoxy) is 3. The zero-order chi connectivity index (χ0) is 71.6. The van der Waals surface area contributed by atoms with E-state index < -0.39 is 52.5 Å². The molecule has 0 bridgehead atoms. The van der Waals surface area contributed by atoms with Crippen LogP contribution in [0.25, 0.3) is 11.1 Å². The maximum Gasteiger partial charge on any atom is 0.416 e. The maximum atomic E-state index is 13.9. The molecule has 17 nitrogen and oxygen atoms in total. The molecule has 2 atom stereocenters. The highest BCUT2D eigenvalue weighted by atomic mass is 19.4. The Morgan fingerprint density at radius 3 is 1.98 bits per heavy atom. The highest BCUT2D eigenvalue weighted by molar-refractivity contribution is 5.95. The Bertz CT molecular complexity index is 3650. The number of hydrogen-bond acceptors (Lipinski definition) is 12. The number of unbranched alkanes of at least 4 members (excludes halogenated alkanes) is 2. The second-order valence-electron chi connectivity index (χ2n) is 26.4. The number of hydrogen-bond donors (Lipinski definition) is 2. The van der Waals surface area contributed by atoms with Crippen LogP contribution in [0.5, 0.6) is 0 Å². The van der Waals surface area contributed by atoms with Gasteiger partial charge < -0.3 is 44.0 Å². The molecule has 0 aromatic heterocycles. The van der Waals surface area contributed by atoms with Crippen LogP contribution in [0.1, 0.15) is 120 Å². The number of likely N-dealkylation sites (N-methyl/N-ethyl adjacent to an activating group) is 2. The molecule has 4 aliphatic rings. The minimum atomic E-state index is -5.08. The standard InChI is InChI=1S/C42H58N6O7.C34H33F7N2O2/c1-45(40(50)32-53-3)26-13-27-48(54-4)41(51)34-19-21-35(22-20-34)43-25-12-6-9-18-39(49)46(2)30-31-47-28-23-36(24-29-47)55-42(52)44-38-17-11-10-16-37(38)33-14-7-5-8-15-33;1-22-16-23-4-2-3-5-29(23)31(22)10-13-42(14-11-31)15-12-32(25-6-8-28(35)9-7-25)20-43(21-45-32)30(44)24-17-26(33(36,37)38)19-27(18-24)34(39,40)41/h5,7-8,10-11,14-17,19-22,36,43H,6,9,12-13,18,23-32H2,1-4H3,(H,44,52);2-9,17-19,22H,10-16,20-21H2,1H3/t;22-,32-/m.0/s1. The Morgan fingerprint density at radius 2 is 1.31 bits per heavy atom. The van der Waals surface area contributed by atoms with Crippen LogP contribution in [0.4, 0.5) is 46.9 Å². The van der Waals surface area contributed by atoms with Gasteiger partial charge in [0.05, 0.1) is 37.0 Å². The lowest BCUT2D eigenvalue weighted by atomic mass is 9.68. The van der Waals surface area contributed by atoms with Crippen LogP contribution in [0.3, 0.4) is 0 Å². The number of rotatable bonds is 26. The van der Waals surface area contributed by atoms with Gasteiger partial charge in [-0.1, -0.05) is 98.3 Å². The molecule has 0 radical (unpaired) electrons. The van der Waals surface area contributed by atoms with E-state index in [0.717, 1.165) is 118 Å². The van der Waals surface area contributed by atoms with E-state index in [0.29, 0.717) is 74.6 Å². The molecule has 1 aliphatic carbocycles. The molecule has 1 spiro atoms. The first-order valence-electron chi connectivity index (χ1n) is 34.2. The van der Waals surface area contributed by atoms with Crippen LogP contribution >= 0.6 is 0 Å². The largest absolute Gasteiger partial charge is 0.446 e. The molecule has 3 fully saturated rings. The number of amides is 5. The second kappa shape index (κ2) is 34.8. The van der Waals surface area contributed by atoms with Crippen LogP contribution in [-0.2, 0) is 58.4 Å². The average Bonchev–Trinajstić information content (AvgIpc) is 1.58. The molecule has 0 unspecified atom stereocenters. The third-order valence-electron chi connectivity index (χ3n) is 19.8. The lowest BCUT2D eigenvalue weighted by Crippen LogP contribution is -2.46. The van der Waals surface area contributed by atoms with Crippen LogP contribution in [0.15, 0.2) is 146 Å². The predicted molar refractivity (Wildman–Crippen MR) is 367 cm³/mol. The molecular weight excluding hydrogens is 1300 g/mol. The number of nitrogens with one attached hydrogen (secondary N) is 2. The summed E-state index contributed by atoms with van der Waals surface area (Å²) in [5.41, 5.74) is 2.67.